The zero-order valence-corrected chi connectivity index (χ0v) is 20.6. The highest BCUT2D eigenvalue weighted by molar-refractivity contribution is 5.99. The number of aromatic nitrogens is 1. The molecule has 2 amide bonds. The van der Waals surface area contributed by atoms with Crippen LogP contribution < -0.4 is 10.1 Å². The highest BCUT2D eigenvalue weighted by Gasteiger charge is 2.49. The lowest BCUT2D eigenvalue weighted by molar-refractivity contribution is -0.141. The van der Waals surface area contributed by atoms with Gasteiger partial charge in [-0.1, -0.05) is 13.8 Å². The molecule has 1 saturated carbocycles. The quantitative estimate of drug-likeness (QED) is 0.634. The number of pyridine rings is 1. The van der Waals surface area contributed by atoms with Crippen LogP contribution in [-0.2, 0) is 32.6 Å². The molecule has 2 N–H and O–H groups in total. The summed E-state index contributed by atoms with van der Waals surface area (Å²) in [7, 11) is 1.51. The molecule has 0 spiro atoms. The summed E-state index contributed by atoms with van der Waals surface area (Å²) in [5, 5.41) is 11.9. The Bertz CT molecular complexity index is 1260. The third-order valence-electron chi connectivity index (χ3n) is 7.73. The Hall–Kier alpha value is -3.49. The summed E-state index contributed by atoms with van der Waals surface area (Å²) in [6, 6.07) is 5.58. The average molecular weight is 496 g/mol. The van der Waals surface area contributed by atoms with Gasteiger partial charge in [-0.25, -0.2) is 9.37 Å². The summed E-state index contributed by atoms with van der Waals surface area (Å²) in [4.78, 5) is 44.1. The van der Waals surface area contributed by atoms with Gasteiger partial charge < -0.3 is 20.1 Å². The van der Waals surface area contributed by atoms with Crippen LogP contribution >= 0.6 is 0 Å². The van der Waals surface area contributed by atoms with Gasteiger partial charge >= 0.3 is 5.97 Å². The van der Waals surface area contributed by atoms with E-state index in [2.05, 4.69) is 10.3 Å². The lowest BCUT2D eigenvalue weighted by Crippen LogP contribution is -2.46. The molecule has 0 radical (unpaired) electrons. The minimum absolute atomic E-state index is 0.0683. The van der Waals surface area contributed by atoms with E-state index in [1.165, 1.54) is 18.1 Å². The summed E-state index contributed by atoms with van der Waals surface area (Å²) in [6.45, 7) is 4.30. The van der Waals surface area contributed by atoms with Crippen LogP contribution in [-0.4, -0.2) is 46.4 Å². The number of carboxylic acid groups (broad SMARTS) is 1. The fraction of sp³-hybridized carbons (Fsp3) is 0.481. The maximum absolute atomic E-state index is 15.0. The number of rotatable bonds is 6. The molecule has 1 aliphatic heterocycles. The zero-order chi connectivity index (χ0) is 25.8. The predicted octanol–water partition coefficient (Wildman–Crippen LogP) is 3.63. The van der Waals surface area contributed by atoms with Gasteiger partial charge in [-0.2, -0.15) is 0 Å². The largest absolute Gasteiger partial charge is 0.481 e. The maximum atomic E-state index is 15.0. The fourth-order valence-electron chi connectivity index (χ4n) is 5.79. The number of hydrogen-bond donors (Lipinski definition) is 2. The van der Waals surface area contributed by atoms with E-state index in [0.29, 0.717) is 41.2 Å². The number of carboxylic acids is 1. The van der Waals surface area contributed by atoms with Crippen LogP contribution in [0.5, 0.6) is 5.88 Å². The van der Waals surface area contributed by atoms with E-state index in [1.807, 2.05) is 19.9 Å². The lowest BCUT2D eigenvalue weighted by Gasteiger charge is -2.36. The molecule has 5 rings (SSSR count). The van der Waals surface area contributed by atoms with Gasteiger partial charge in [0.15, 0.2) is 0 Å². The van der Waals surface area contributed by atoms with Gasteiger partial charge in [-0.3, -0.25) is 14.4 Å². The molecular weight excluding hydrogens is 465 g/mol. The minimum atomic E-state index is -0.960. The molecular formula is C27H30FN3O5. The first-order chi connectivity index (χ1) is 17.1. The molecule has 2 aliphatic carbocycles. The van der Waals surface area contributed by atoms with Crippen molar-refractivity contribution in [2.75, 3.05) is 19.0 Å². The van der Waals surface area contributed by atoms with Gasteiger partial charge in [0.05, 0.1) is 12.8 Å². The average Bonchev–Trinajstić information content (AvgIpc) is 3.51. The van der Waals surface area contributed by atoms with Gasteiger partial charge in [0.1, 0.15) is 11.9 Å². The number of nitrogens with one attached hydrogen (secondary N) is 1. The SMILES string of the molecule is COc1ccc2c(n1)CCN(C(=O)[C@@H]1C[C@H]1CC(=O)O)[C@H]2C(=O)Nc1cc(F)c2c(c1)CCC2(C)C. The first-order valence-corrected chi connectivity index (χ1v) is 12.3. The highest BCUT2D eigenvalue weighted by atomic mass is 19.1. The number of ether oxygens (including phenoxy) is 1. The molecule has 190 valence electrons. The molecule has 1 aromatic carbocycles. The van der Waals surface area contributed by atoms with Gasteiger partial charge in [0.2, 0.25) is 11.8 Å². The second kappa shape index (κ2) is 8.87. The van der Waals surface area contributed by atoms with Crippen molar-refractivity contribution in [3.63, 3.8) is 0 Å². The second-order valence-electron chi connectivity index (χ2n) is 10.6. The van der Waals surface area contributed by atoms with Crippen molar-refractivity contribution >= 4 is 23.5 Å². The summed E-state index contributed by atoms with van der Waals surface area (Å²) >= 11 is 0. The van der Waals surface area contributed by atoms with Crippen LogP contribution in [0.3, 0.4) is 0 Å². The highest BCUT2D eigenvalue weighted by Crippen LogP contribution is 2.45. The van der Waals surface area contributed by atoms with Crippen molar-refractivity contribution in [2.24, 2.45) is 11.8 Å². The molecule has 0 saturated heterocycles. The summed E-state index contributed by atoms with van der Waals surface area (Å²) < 4.78 is 20.3. The Kier molecular flexibility index (Phi) is 5.97. The van der Waals surface area contributed by atoms with E-state index in [-0.39, 0.29) is 36.0 Å². The number of amides is 2. The number of halogens is 1. The van der Waals surface area contributed by atoms with E-state index >= 15 is 4.39 Å². The van der Waals surface area contributed by atoms with E-state index in [1.54, 1.807) is 12.1 Å². The van der Waals surface area contributed by atoms with Crippen LogP contribution in [0.15, 0.2) is 24.3 Å². The second-order valence-corrected chi connectivity index (χ2v) is 10.6. The number of benzene rings is 1. The lowest BCUT2D eigenvalue weighted by atomic mass is 9.86. The van der Waals surface area contributed by atoms with Gasteiger partial charge in [0.25, 0.3) is 5.91 Å². The monoisotopic (exact) mass is 495 g/mol. The Morgan fingerprint density at radius 1 is 1.25 bits per heavy atom. The normalized spacial score (nSPS) is 23.4. The van der Waals surface area contributed by atoms with Crippen LogP contribution in [0.4, 0.5) is 10.1 Å². The molecule has 9 heteroatoms. The van der Waals surface area contributed by atoms with E-state index in [0.717, 1.165) is 18.4 Å². The van der Waals surface area contributed by atoms with Gasteiger partial charge in [0, 0.05) is 42.6 Å². The smallest absolute Gasteiger partial charge is 0.303 e. The molecule has 1 aromatic heterocycles. The molecule has 3 aliphatic rings. The maximum Gasteiger partial charge on any atom is 0.303 e. The van der Waals surface area contributed by atoms with Gasteiger partial charge in [-0.15, -0.1) is 0 Å². The predicted molar refractivity (Wildman–Crippen MR) is 129 cm³/mol. The summed E-state index contributed by atoms with van der Waals surface area (Å²) in [5.41, 5.74) is 2.92. The van der Waals surface area contributed by atoms with Crippen molar-refractivity contribution in [3.05, 3.63) is 52.5 Å². The first kappa shape index (κ1) is 24.2. The van der Waals surface area contributed by atoms with Crippen molar-refractivity contribution in [1.82, 2.24) is 9.88 Å². The number of hydrogen-bond acceptors (Lipinski definition) is 5. The first-order valence-electron chi connectivity index (χ1n) is 12.3. The van der Waals surface area contributed by atoms with Crippen molar-refractivity contribution < 1.29 is 28.6 Å². The van der Waals surface area contributed by atoms with E-state index < -0.39 is 23.8 Å². The Morgan fingerprint density at radius 2 is 2.03 bits per heavy atom. The summed E-state index contributed by atoms with van der Waals surface area (Å²) in [6.07, 6.45) is 2.44. The van der Waals surface area contributed by atoms with Crippen LogP contribution in [0.25, 0.3) is 0 Å². The topological polar surface area (TPSA) is 109 Å². The molecule has 2 aromatic rings. The Morgan fingerprint density at radius 3 is 2.75 bits per heavy atom. The number of nitrogens with zero attached hydrogens (tertiary/aromatic N) is 2. The number of fused-ring (bicyclic) bond motifs is 2. The Balaban J connectivity index is 1.45. The molecule has 1 fully saturated rings. The molecule has 3 atom stereocenters. The van der Waals surface area contributed by atoms with Crippen molar-refractivity contribution in [1.29, 1.82) is 0 Å². The van der Waals surface area contributed by atoms with Gasteiger partial charge in [-0.05, 0) is 59.9 Å². The van der Waals surface area contributed by atoms with Crippen LogP contribution in [0, 0.1) is 17.7 Å². The van der Waals surface area contributed by atoms with Crippen molar-refractivity contribution in [3.8, 4) is 5.88 Å². The summed E-state index contributed by atoms with van der Waals surface area (Å²) in [5.74, 6) is -2.19. The third-order valence-corrected chi connectivity index (χ3v) is 7.73. The third kappa shape index (κ3) is 4.31. The zero-order valence-electron chi connectivity index (χ0n) is 20.6. The van der Waals surface area contributed by atoms with E-state index in [4.69, 9.17) is 9.84 Å². The number of aryl methyl sites for hydroxylation is 1. The number of carbonyl (C=O) groups excluding carboxylic acids is 2. The molecule has 2 heterocycles. The van der Waals surface area contributed by atoms with Crippen molar-refractivity contribution in [2.45, 2.75) is 57.4 Å². The van der Waals surface area contributed by atoms with Crippen LogP contribution in [0.2, 0.25) is 0 Å². The molecule has 36 heavy (non-hydrogen) atoms. The van der Waals surface area contributed by atoms with Crippen LogP contribution in [0.1, 0.15) is 61.5 Å². The molecule has 0 bridgehead atoms. The standard InChI is InChI=1S/C27H30FN3O5/c1-27(2)8-6-14-10-16(13-19(28)23(14)27)29-25(34)24-17-4-5-21(36-3)30-20(17)7-9-31(24)26(35)18-11-15(18)12-22(32)33/h4-5,10,13,15,18,24H,6-9,11-12H2,1-3H3,(H,29,34)(H,32,33)/t15-,18+,24+/m0/s1. The Labute approximate surface area is 208 Å². The molecule has 0 unspecified atom stereocenters. The number of anilines is 1. The number of carbonyl (C=O) groups is 3. The number of aliphatic carboxylic acids is 1. The molecule has 8 nitrogen and oxygen atoms in total. The minimum Gasteiger partial charge on any atom is -0.481 e. The fourth-order valence-corrected chi connectivity index (χ4v) is 5.79. The number of methoxy groups -OCH3 is 1. The van der Waals surface area contributed by atoms with E-state index in [9.17, 15) is 14.4 Å².